The maximum absolute atomic E-state index is 13.1. The molecule has 0 unspecified atom stereocenters. The van der Waals surface area contributed by atoms with Crippen LogP contribution in [0.3, 0.4) is 0 Å². The number of ether oxygens (including phenoxy) is 1. The molecule has 2 aromatic carbocycles. The molecule has 2 heterocycles. The summed E-state index contributed by atoms with van der Waals surface area (Å²) >= 11 is 0. The van der Waals surface area contributed by atoms with Crippen LogP contribution in [0.1, 0.15) is 28.8 Å². The van der Waals surface area contributed by atoms with Crippen LogP contribution in [-0.2, 0) is 17.7 Å². The smallest absolute Gasteiger partial charge is 0.256 e. The first-order valence-corrected chi connectivity index (χ1v) is 10.0. The number of fused-ring (bicyclic) bond motifs is 1. The van der Waals surface area contributed by atoms with Crippen molar-refractivity contribution in [3.63, 3.8) is 0 Å². The number of nitrogens with two attached hydrogens (primary N) is 1. The van der Waals surface area contributed by atoms with Crippen LogP contribution < -0.4 is 5.73 Å². The number of rotatable bonds is 6. The molecule has 0 atom stereocenters. The Kier molecular flexibility index (Phi) is 5.63. The van der Waals surface area contributed by atoms with Gasteiger partial charge in [-0.15, -0.1) is 0 Å². The second-order valence-electron chi connectivity index (χ2n) is 7.33. The van der Waals surface area contributed by atoms with Crippen molar-refractivity contribution >= 4 is 22.5 Å². The molecule has 4 rings (SSSR count). The number of hydrogen-bond acceptors (Lipinski definition) is 3. The lowest BCUT2D eigenvalue weighted by Gasteiger charge is -2.26. The molecule has 0 aliphatic carbocycles. The molecule has 0 radical (unpaired) electrons. The number of para-hydroxylation sites is 1. The average Bonchev–Trinajstić information content (AvgIpc) is 3.12. The van der Waals surface area contributed by atoms with E-state index in [0.29, 0.717) is 26.3 Å². The fourth-order valence-corrected chi connectivity index (χ4v) is 3.93. The van der Waals surface area contributed by atoms with Crippen molar-refractivity contribution in [2.24, 2.45) is 0 Å². The lowest BCUT2D eigenvalue weighted by molar-refractivity contribution is 0.0304. The van der Waals surface area contributed by atoms with Crippen molar-refractivity contribution in [2.45, 2.75) is 25.8 Å². The van der Waals surface area contributed by atoms with Crippen molar-refractivity contribution in [2.75, 3.05) is 32.0 Å². The third-order valence-corrected chi connectivity index (χ3v) is 5.42. The van der Waals surface area contributed by atoms with Gasteiger partial charge in [-0.25, -0.2) is 0 Å². The molecule has 0 bridgehead atoms. The van der Waals surface area contributed by atoms with Crippen LogP contribution in [0, 0.1) is 0 Å². The Balaban J connectivity index is 1.52. The van der Waals surface area contributed by atoms with E-state index < -0.39 is 0 Å². The third kappa shape index (κ3) is 3.90. The normalized spacial score (nSPS) is 14.5. The number of morpholine rings is 1. The molecule has 1 amide bonds. The van der Waals surface area contributed by atoms with Crippen LogP contribution in [-0.4, -0.2) is 41.7 Å². The zero-order chi connectivity index (χ0) is 19.3. The molecule has 1 aliphatic rings. The van der Waals surface area contributed by atoms with Crippen molar-refractivity contribution in [1.29, 1.82) is 0 Å². The Morgan fingerprint density at radius 3 is 2.57 bits per heavy atom. The topological polar surface area (TPSA) is 60.5 Å². The van der Waals surface area contributed by atoms with E-state index in [0.717, 1.165) is 48.0 Å². The standard InChI is InChI=1S/C23H27N3O2/c24-21-11-6-10-19-20(23(27)25-13-15-28-16-14-25)17-26(22(19)21)12-5-4-9-18-7-2-1-3-8-18/h1-3,6-8,10-11,17H,4-5,9,12-16,24H2. The number of nitrogens with zero attached hydrogens (tertiary/aromatic N) is 2. The number of unbranched alkanes of at least 4 members (excludes halogenated alkanes) is 1. The zero-order valence-corrected chi connectivity index (χ0v) is 16.1. The van der Waals surface area contributed by atoms with E-state index >= 15 is 0 Å². The summed E-state index contributed by atoms with van der Waals surface area (Å²) in [7, 11) is 0. The highest BCUT2D eigenvalue weighted by molar-refractivity contribution is 6.09. The summed E-state index contributed by atoms with van der Waals surface area (Å²) in [6, 6.07) is 16.4. The quantitative estimate of drug-likeness (QED) is 0.526. The summed E-state index contributed by atoms with van der Waals surface area (Å²) < 4.78 is 7.54. The maximum Gasteiger partial charge on any atom is 0.256 e. The van der Waals surface area contributed by atoms with Gasteiger partial charge < -0.3 is 19.9 Å². The van der Waals surface area contributed by atoms with Gasteiger partial charge in [-0.3, -0.25) is 4.79 Å². The van der Waals surface area contributed by atoms with Crippen molar-refractivity contribution < 1.29 is 9.53 Å². The van der Waals surface area contributed by atoms with Gasteiger partial charge in [-0.2, -0.15) is 0 Å². The molecule has 5 heteroatoms. The van der Waals surface area contributed by atoms with Crippen LogP contribution in [0.15, 0.2) is 54.7 Å². The van der Waals surface area contributed by atoms with Crippen LogP contribution in [0.4, 0.5) is 5.69 Å². The monoisotopic (exact) mass is 377 g/mol. The fourth-order valence-electron chi connectivity index (χ4n) is 3.93. The molecule has 0 saturated carbocycles. The SMILES string of the molecule is Nc1cccc2c(C(=O)N3CCOCC3)cn(CCCCc3ccccc3)c12. The zero-order valence-electron chi connectivity index (χ0n) is 16.1. The van der Waals surface area contributed by atoms with E-state index in [1.54, 1.807) is 0 Å². The molecule has 2 N–H and O–H groups in total. The second kappa shape index (κ2) is 8.48. The highest BCUT2D eigenvalue weighted by Crippen LogP contribution is 2.28. The Bertz CT molecular complexity index is 943. The van der Waals surface area contributed by atoms with Crippen LogP contribution in [0.5, 0.6) is 0 Å². The first-order valence-electron chi connectivity index (χ1n) is 10.0. The minimum absolute atomic E-state index is 0.0712. The number of hydrogen-bond donors (Lipinski definition) is 1. The lowest BCUT2D eigenvalue weighted by atomic mass is 10.1. The van der Waals surface area contributed by atoms with E-state index in [1.807, 2.05) is 35.4 Å². The summed E-state index contributed by atoms with van der Waals surface area (Å²) in [5, 5.41) is 0.944. The van der Waals surface area contributed by atoms with E-state index in [4.69, 9.17) is 10.5 Å². The lowest BCUT2D eigenvalue weighted by Crippen LogP contribution is -2.40. The molecule has 0 spiro atoms. The minimum Gasteiger partial charge on any atom is -0.397 e. The van der Waals surface area contributed by atoms with Crippen molar-refractivity contribution in [3.05, 3.63) is 65.9 Å². The van der Waals surface area contributed by atoms with Crippen molar-refractivity contribution in [1.82, 2.24) is 9.47 Å². The van der Waals surface area contributed by atoms with Gasteiger partial charge >= 0.3 is 0 Å². The molecule has 1 fully saturated rings. The Morgan fingerprint density at radius 2 is 1.79 bits per heavy atom. The van der Waals surface area contributed by atoms with Gasteiger partial charge in [0.25, 0.3) is 5.91 Å². The highest BCUT2D eigenvalue weighted by Gasteiger charge is 2.23. The Hall–Kier alpha value is -2.79. The summed E-state index contributed by atoms with van der Waals surface area (Å²) in [4.78, 5) is 14.9. The number of anilines is 1. The molecule has 1 saturated heterocycles. The van der Waals surface area contributed by atoms with E-state index in [1.165, 1.54) is 5.56 Å². The number of amides is 1. The third-order valence-electron chi connectivity index (χ3n) is 5.42. The van der Waals surface area contributed by atoms with Gasteiger partial charge in [0, 0.05) is 31.2 Å². The number of carbonyl (C=O) groups is 1. The largest absolute Gasteiger partial charge is 0.397 e. The molecule has 146 valence electrons. The van der Waals surface area contributed by atoms with Crippen LogP contribution >= 0.6 is 0 Å². The number of benzene rings is 2. The van der Waals surface area contributed by atoms with E-state index in [-0.39, 0.29) is 5.91 Å². The molecule has 28 heavy (non-hydrogen) atoms. The average molecular weight is 377 g/mol. The number of aryl methyl sites for hydroxylation is 2. The van der Waals surface area contributed by atoms with Crippen molar-refractivity contribution in [3.8, 4) is 0 Å². The number of aromatic nitrogens is 1. The molecule has 1 aliphatic heterocycles. The molecule has 3 aromatic rings. The summed E-state index contributed by atoms with van der Waals surface area (Å²) in [6.07, 6.45) is 5.19. The fraction of sp³-hybridized carbons (Fsp3) is 0.348. The molecule has 1 aromatic heterocycles. The van der Waals surface area contributed by atoms with Crippen LogP contribution in [0.2, 0.25) is 0 Å². The van der Waals surface area contributed by atoms with E-state index in [9.17, 15) is 4.79 Å². The van der Waals surface area contributed by atoms with Gasteiger partial charge in [0.05, 0.1) is 30.0 Å². The summed E-state index contributed by atoms with van der Waals surface area (Å²) in [5.74, 6) is 0.0712. The van der Waals surface area contributed by atoms with Gasteiger partial charge in [0.15, 0.2) is 0 Å². The first-order chi connectivity index (χ1) is 13.7. The van der Waals surface area contributed by atoms with Gasteiger partial charge in [-0.05, 0) is 30.9 Å². The predicted octanol–water partition coefficient (Wildman–Crippen LogP) is 3.72. The highest BCUT2D eigenvalue weighted by atomic mass is 16.5. The molecular formula is C23H27N3O2. The van der Waals surface area contributed by atoms with Gasteiger partial charge in [0.2, 0.25) is 0 Å². The van der Waals surface area contributed by atoms with Crippen LogP contribution in [0.25, 0.3) is 10.9 Å². The number of carbonyl (C=O) groups excluding carboxylic acids is 1. The molecular weight excluding hydrogens is 350 g/mol. The Labute approximate surface area is 165 Å². The maximum atomic E-state index is 13.1. The summed E-state index contributed by atoms with van der Waals surface area (Å²) in [5.41, 5.74) is 10.1. The summed E-state index contributed by atoms with van der Waals surface area (Å²) in [6.45, 7) is 3.35. The predicted molar refractivity (Wildman–Crippen MR) is 112 cm³/mol. The first kappa shape index (κ1) is 18.6. The molecule has 5 nitrogen and oxygen atoms in total. The minimum atomic E-state index is 0.0712. The number of nitrogen functional groups attached to an aromatic ring is 1. The second-order valence-corrected chi connectivity index (χ2v) is 7.33. The van der Waals surface area contributed by atoms with E-state index in [2.05, 4.69) is 28.8 Å². The van der Waals surface area contributed by atoms with Gasteiger partial charge in [-0.1, -0.05) is 42.5 Å². The Morgan fingerprint density at radius 1 is 1.00 bits per heavy atom. The van der Waals surface area contributed by atoms with Gasteiger partial charge in [0.1, 0.15) is 0 Å².